The van der Waals surface area contributed by atoms with Gasteiger partial charge in [0, 0.05) is 17.3 Å². The number of hydrogen-bond donors (Lipinski definition) is 1. The number of rotatable bonds is 3. The predicted molar refractivity (Wildman–Crippen MR) is 82.4 cm³/mol. The van der Waals surface area contributed by atoms with E-state index in [1.54, 1.807) is 18.5 Å². The molecule has 2 amide bonds. The lowest BCUT2D eigenvalue weighted by Crippen LogP contribution is -2.43. The Labute approximate surface area is 126 Å². The first-order valence-electron chi connectivity index (χ1n) is 6.46. The molecule has 5 nitrogen and oxygen atoms in total. The molecule has 2 aromatic rings. The summed E-state index contributed by atoms with van der Waals surface area (Å²) in [5, 5.41) is 2.77. The normalized spacial score (nSPS) is 13.5. The number of pyridine rings is 1. The molecule has 6 heteroatoms. The second-order valence-electron chi connectivity index (χ2n) is 4.52. The predicted octanol–water partition coefficient (Wildman–Crippen LogP) is 2.16. The van der Waals surface area contributed by atoms with E-state index in [0.717, 1.165) is 10.6 Å². The third kappa shape index (κ3) is 3.05. The standard InChI is InChI=1S/C15H13N3O2S/c19-14-9-18(13-4-2-1-3-12(13)17-14)15(20)10-21-11-5-7-16-8-6-11/h1-8H,9-10H2,(H,17,19). The number of aromatic nitrogens is 1. The van der Waals surface area contributed by atoms with E-state index in [1.165, 1.54) is 16.7 Å². The van der Waals surface area contributed by atoms with Crippen molar-refractivity contribution < 1.29 is 9.59 Å². The molecule has 1 aliphatic heterocycles. The lowest BCUT2D eigenvalue weighted by atomic mass is 10.2. The fourth-order valence-corrected chi connectivity index (χ4v) is 2.87. The van der Waals surface area contributed by atoms with Crippen molar-refractivity contribution in [2.75, 3.05) is 22.5 Å². The quantitative estimate of drug-likeness (QED) is 0.882. The molecule has 0 saturated heterocycles. The molecule has 0 aliphatic carbocycles. The van der Waals surface area contributed by atoms with E-state index in [9.17, 15) is 9.59 Å². The third-order valence-corrected chi connectivity index (χ3v) is 4.08. The van der Waals surface area contributed by atoms with Crippen LogP contribution in [0.3, 0.4) is 0 Å². The molecule has 21 heavy (non-hydrogen) atoms. The zero-order chi connectivity index (χ0) is 14.7. The Morgan fingerprint density at radius 2 is 2.00 bits per heavy atom. The van der Waals surface area contributed by atoms with Gasteiger partial charge in [0.15, 0.2) is 0 Å². The highest BCUT2D eigenvalue weighted by Gasteiger charge is 2.26. The number of nitrogens with zero attached hydrogens (tertiary/aromatic N) is 2. The van der Waals surface area contributed by atoms with E-state index in [0.29, 0.717) is 5.69 Å². The van der Waals surface area contributed by atoms with Crippen LogP contribution >= 0.6 is 11.8 Å². The Kier molecular flexibility index (Phi) is 3.87. The van der Waals surface area contributed by atoms with Crippen LogP contribution in [0.25, 0.3) is 0 Å². The minimum atomic E-state index is -0.170. The van der Waals surface area contributed by atoms with Gasteiger partial charge in [-0.15, -0.1) is 11.8 Å². The summed E-state index contributed by atoms with van der Waals surface area (Å²) in [5.41, 5.74) is 1.42. The van der Waals surface area contributed by atoms with Gasteiger partial charge in [0.05, 0.1) is 17.1 Å². The van der Waals surface area contributed by atoms with Crippen LogP contribution in [0.5, 0.6) is 0 Å². The van der Waals surface area contributed by atoms with Gasteiger partial charge >= 0.3 is 0 Å². The number of benzene rings is 1. The number of anilines is 2. The number of nitrogens with one attached hydrogen (secondary N) is 1. The maximum atomic E-state index is 12.4. The van der Waals surface area contributed by atoms with Crippen molar-refractivity contribution in [2.45, 2.75) is 4.90 Å². The highest BCUT2D eigenvalue weighted by molar-refractivity contribution is 8.00. The van der Waals surface area contributed by atoms with Crippen molar-refractivity contribution >= 4 is 35.0 Å². The first-order valence-corrected chi connectivity index (χ1v) is 7.44. The smallest absolute Gasteiger partial charge is 0.244 e. The van der Waals surface area contributed by atoms with Gasteiger partial charge in [-0.2, -0.15) is 0 Å². The Hall–Kier alpha value is -2.34. The number of thioether (sulfide) groups is 1. The summed E-state index contributed by atoms with van der Waals surface area (Å²) in [6.45, 7) is 0.0623. The van der Waals surface area contributed by atoms with Crippen molar-refractivity contribution in [3.8, 4) is 0 Å². The molecular formula is C15H13N3O2S. The van der Waals surface area contributed by atoms with Crippen molar-refractivity contribution in [1.29, 1.82) is 0 Å². The molecular weight excluding hydrogens is 286 g/mol. The first kappa shape index (κ1) is 13.6. The molecule has 1 aliphatic rings. The van der Waals surface area contributed by atoms with E-state index in [4.69, 9.17) is 0 Å². The van der Waals surface area contributed by atoms with Crippen molar-refractivity contribution in [2.24, 2.45) is 0 Å². The molecule has 0 atom stereocenters. The van der Waals surface area contributed by atoms with E-state index in [1.807, 2.05) is 30.3 Å². The van der Waals surface area contributed by atoms with Gasteiger partial charge in [0.2, 0.25) is 11.8 Å². The lowest BCUT2D eigenvalue weighted by molar-refractivity contribution is -0.120. The van der Waals surface area contributed by atoms with Crippen LogP contribution in [0.1, 0.15) is 0 Å². The number of amides is 2. The van der Waals surface area contributed by atoms with Gasteiger partial charge in [-0.05, 0) is 24.3 Å². The average molecular weight is 299 g/mol. The molecule has 106 valence electrons. The largest absolute Gasteiger partial charge is 0.323 e. The SMILES string of the molecule is O=C1CN(C(=O)CSc2ccncc2)c2ccccc2N1. The maximum absolute atomic E-state index is 12.4. The highest BCUT2D eigenvalue weighted by atomic mass is 32.2. The number of para-hydroxylation sites is 2. The highest BCUT2D eigenvalue weighted by Crippen LogP contribution is 2.29. The summed E-state index contributed by atoms with van der Waals surface area (Å²) >= 11 is 1.44. The maximum Gasteiger partial charge on any atom is 0.244 e. The van der Waals surface area contributed by atoms with E-state index < -0.39 is 0 Å². The van der Waals surface area contributed by atoms with Crippen LogP contribution < -0.4 is 10.2 Å². The Morgan fingerprint density at radius 3 is 2.81 bits per heavy atom. The Bertz CT molecular complexity index is 676. The molecule has 1 aromatic carbocycles. The van der Waals surface area contributed by atoms with Crippen LogP contribution in [0.2, 0.25) is 0 Å². The average Bonchev–Trinajstić information content (AvgIpc) is 2.52. The number of carbonyl (C=O) groups excluding carboxylic acids is 2. The van der Waals surface area contributed by atoms with Crippen LogP contribution in [-0.2, 0) is 9.59 Å². The topological polar surface area (TPSA) is 62.3 Å². The summed E-state index contributed by atoms with van der Waals surface area (Å²) in [6.07, 6.45) is 3.38. The minimum absolute atomic E-state index is 0.0623. The fraction of sp³-hybridized carbons (Fsp3) is 0.133. The van der Waals surface area contributed by atoms with Crippen LogP contribution in [0.4, 0.5) is 11.4 Å². The first-order chi connectivity index (χ1) is 10.2. The molecule has 2 heterocycles. The fourth-order valence-electron chi connectivity index (χ4n) is 2.11. The molecule has 0 fully saturated rings. The molecule has 3 rings (SSSR count). The summed E-state index contributed by atoms with van der Waals surface area (Å²) in [6, 6.07) is 11.0. The lowest BCUT2D eigenvalue weighted by Gasteiger charge is -2.29. The second kappa shape index (κ2) is 5.97. The molecule has 0 spiro atoms. The summed E-state index contributed by atoms with van der Waals surface area (Å²) in [4.78, 5) is 30.5. The van der Waals surface area contributed by atoms with Crippen molar-refractivity contribution in [3.63, 3.8) is 0 Å². The van der Waals surface area contributed by atoms with Crippen molar-refractivity contribution in [1.82, 2.24) is 4.98 Å². The molecule has 1 aromatic heterocycles. The van der Waals surface area contributed by atoms with E-state index >= 15 is 0 Å². The molecule has 1 N–H and O–H groups in total. The molecule has 0 bridgehead atoms. The number of hydrogen-bond acceptors (Lipinski definition) is 4. The molecule has 0 saturated carbocycles. The van der Waals surface area contributed by atoms with Gasteiger partial charge in [-0.25, -0.2) is 0 Å². The van der Waals surface area contributed by atoms with Gasteiger partial charge in [-0.3, -0.25) is 14.6 Å². The zero-order valence-corrected chi connectivity index (χ0v) is 12.0. The Morgan fingerprint density at radius 1 is 1.24 bits per heavy atom. The molecule has 0 radical (unpaired) electrons. The molecule has 0 unspecified atom stereocenters. The third-order valence-electron chi connectivity index (χ3n) is 3.08. The van der Waals surface area contributed by atoms with Crippen molar-refractivity contribution in [3.05, 3.63) is 48.8 Å². The van der Waals surface area contributed by atoms with Gasteiger partial charge in [0.1, 0.15) is 6.54 Å². The summed E-state index contributed by atoms with van der Waals surface area (Å²) < 4.78 is 0. The van der Waals surface area contributed by atoms with E-state index in [-0.39, 0.29) is 24.1 Å². The Balaban J connectivity index is 1.74. The van der Waals surface area contributed by atoms with Crippen LogP contribution in [0.15, 0.2) is 53.7 Å². The van der Waals surface area contributed by atoms with E-state index in [2.05, 4.69) is 10.3 Å². The number of carbonyl (C=O) groups is 2. The van der Waals surface area contributed by atoms with Crippen LogP contribution in [-0.4, -0.2) is 29.1 Å². The van der Waals surface area contributed by atoms with Gasteiger partial charge < -0.3 is 10.2 Å². The monoisotopic (exact) mass is 299 g/mol. The van der Waals surface area contributed by atoms with Gasteiger partial charge in [0.25, 0.3) is 0 Å². The summed E-state index contributed by atoms with van der Waals surface area (Å²) in [5.74, 6) is 0.0288. The van der Waals surface area contributed by atoms with Crippen LogP contribution in [0, 0.1) is 0 Å². The summed E-state index contributed by atoms with van der Waals surface area (Å²) in [7, 11) is 0. The zero-order valence-electron chi connectivity index (χ0n) is 11.2. The van der Waals surface area contributed by atoms with Gasteiger partial charge in [-0.1, -0.05) is 12.1 Å². The minimum Gasteiger partial charge on any atom is -0.323 e. The number of fused-ring (bicyclic) bond motifs is 1. The second-order valence-corrected chi connectivity index (χ2v) is 5.57.